The molecule has 2 aromatic carbocycles. The van der Waals surface area contributed by atoms with Crippen LogP contribution in [0.3, 0.4) is 0 Å². The van der Waals surface area contributed by atoms with Gasteiger partial charge in [-0.2, -0.15) is 18.3 Å². The van der Waals surface area contributed by atoms with Crippen molar-refractivity contribution in [2.75, 3.05) is 24.9 Å². The highest BCUT2D eigenvalue weighted by atomic mass is 19.4. The number of ether oxygens (including phenoxy) is 2. The number of carbonyl (C=O) groups excluding carboxylic acids is 1. The van der Waals surface area contributed by atoms with Crippen molar-refractivity contribution in [2.45, 2.75) is 38.5 Å². The zero-order valence-corrected chi connectivity index (χ0v) is 19.2. The highest BCUT2D eigenvalue weighted by molar-refractivity contribution is 6.08. The van der Waals surface area contributed by atoms with Gasteiger partial charge in [-0.25, -0.2) is 4.68 Å². The van der Waals surface area contributed by atoms with Gasteiger partial charge in [-0.15, -0.1) is 0 Å². The molecule has 0 radical (unpaired) electrons. The molecule has 1 aromatic heterocycles. The van der Waals surface area contributed by atoms with Gasteiger partial charge in [0.15, 0.2) is 17.5 Å². The summed E-state index contributed by atoms with van der Waals surface area (Å²) >= 11 is 0. The molecular weight excluding hydrogens is 449 g/mol. The molecule has 0 bridgehead atoms. The summed E-state index contributed by atoms with van der Waals surface area (Å²) in [7, 11) is 2.94. The Hall–Kier alpha value is -3.69. The fourth-order valence-corrected chi connectivity index (χ4v) is 4.09. The van der Waals surface area contributed by atoms with E-state index in [1.54, 1.807) is 30.3 Å². The maximum Gasteiger partial charge on any atom is 0.410 e. The van der Waals surface area contributed by atoms with Crippen LogP contribution in [0.2, 0.25) is 0 Å². The summed E-state index contributed by atoms with van der Waals surface area (Å²) in [4.78, 5) is 13.1. The van der Waals surface area contributed by atoms with E-state index >= 15 is 0 Å². The number of halogens is 3. The van der Waals surface area contributed by atoms with Crippen LogP contribution in [0.1, 0.15) is 45.6 Å². The van der Waals surface area contributed by atoms with Crippen LogP contribution in [-0.4, -0.2) is 36.1 Å². The lowest BCUT2D eigenvalue weighted by Crippen LogP contribution is -2.36. The zero-order chi connectivity index (χ0) is 24.6. The third kappa shape index (κ3) is 4.27. The SMILES string of the molecule is COc1ccc(C2CC(C(F)(F)F)n3ncc(C(=O)Nc4cccc(C)c4C)c3N2)cc1OC. The molecule has 0 spiro atoms. The number of nitrogens with one attached hydrogen (secondary N) is 2. The molecule has 0 saturated carbocycles. The summed E-state index contributed by atoms with van der Waals surface area (Å²) < 4.78 is 53.4. The summed E-state index contributed by atoms with van der Waals surface area (Å²) in [5, 5.41) is 9.81. The average Bonchev–Trinajstić information content (AvgIpc) is 3.24. The van der Waals surface area contributed by atoms with Crippen molar-refractivity contribution < 1.29 is 27.4 Å². The van der Waals surface area contributed by atoms with Crippen molar-refractivity contribution in [3.05, 3.63) is 64.8 Å². The summed E-state index contributed by atoms with van der Waals surface area (Å²) in [5.74, 6) is 0.331. The molecule has 1 aliphatic heterocycles. The van der Waals surface area contributed by atoms with Gasteiger partial charge in [0.1, 0.15) is 11.4 Å². The molecule has 0 saturated heterocycles. The van der Waals surface area contributed by atoms with Gasteiger partial charge < -0.3 is 20.1 Å². The van der Waals surface area contributed by atoms with Crippen LogP contribution < -0.4 is 20.1 Å². The number of alkyl halides is 3. The molecule has 3 aromatic rings. The molecule has 1 amide bonds. The van der Waals surface area contributed by atoms with Crippen LogP contribution in [0.4, 0.5) is 24.7 Å². The fraction of sp³-hybridized carbons (Fsp3) is 0.333. The Bertz CT molecular complexity index is 1220. The normalized spacial score (nSPS) is 17.5. The van der Waals surface area contributed by atoms with Gasteiger partial charge in [-0.05, 0) is 48.7 Å². The third-order valence-electron chi connectivity index (χ3n) is 6.15. The first-order valence-electron chi connectivity index (χ1n) is 10.6. The number of hydrogen-bond acceptors (Lipinski definition) is 5. The summed E-state index contributed by atoms with van der Waals surface area (Å²) in [5.41, 5.74) is 3.05. The predicted molar refractivity (Wildman–Crippen MR) is 122 cm³/mol. The predicted octanol–water partition coefficient (Wildman–Crippen LogP) is 5.43. The summed E-state index contributed by atoms with van der Waals surface area (Å²) in [6.07, 6.45) is -3.69. The van der Waals surface area contributed by atoms with Crippen molar-refractivity contribution in [2.24, 2.45) is 0 Å². The van der Waals surface area contributed by atoms with Crippen molar-refractivity contribution in [3.63, 3.8) is 0 Å². The third-order valence-corrected chi connectivity index (χ3v) is 6.15. The molecule has 2 heterocycles. The minimum atomic E-state index is -4.56. The lowest BCUT2D eigenvalue weighted by atomic mass is 9.96. The maximum absolute atomic E-state index is 14.0. The lowest BCUT2D eigenvalue weighted by molar-refractivity contribution is -0.173. The van der Waals surface area contributed by atoms with Crippen LogP contribution in [0.15, 0.2) is 42.6 Å². The topological polar surface area (TPSA) is 77.4 Å². The number of amides is 1. The smallest absolute Gasteiger partial charge is 0.410 e. The molecule has 2 unspecified atom stereocenters. The second-order valence-corrected chi connectivity index (χ2v) is 8.16. The first-order chi connectivity index (χ1) is 16.1. The van der Waals surface area contributed by atoms with E-state index in [-0.39, 0.29) is 17.8 Å². The second kappa shape index (κ2) is 8.92. The van der Waals surface area contributed by atoms with Crippen LogP contribution in [0.25, 0.3) is 0 Å². The lowest BCUT2D eigenvalue weighted by Gasteiger charge is -2.34. The van der Waals surface area contributed by atoms with Gasteiger partial charge in [0, 0.05) is 12.1 Å². The van der Waals surface area contributed by atoms with E-state index in [2.05, 4.69) is 15.7 Å². The van der Waals surface area contributed by atoms with Gasteiger partial charge in [0.2, 0.25) is 0 Å². The Morgan fingerprint density at radius 1 is 1.15 bits per heavy atom. The first kappa shape index (κ1) is 23.5. The summed E-state index contributed by atoms with van der Waals surface area (Å²) in [6, 6.07) is 7.77. The number of nitrogens with zero attached hydrogens (tertiary/aromatic N) is 2. The zero-order valence-electron chi connectivity index (χ0n) is 19.2. The minimum Gasteiger partial charge on any atom is -0.493 e. The number of fused-ring (bicyclic) bond motifs is 1. The molecule has 0 fully saturated rings. The molecule has 180 valence electrons. The van der Waals surface area contributed by atoms with Gasteiger partial charge in [-0.3, -0.25) is 4.79 Å². The number of aryl methyl sites for hydroxylation is 1. The fourth-order valence-electron chi connectivity index (χ4n) is 4.09. The van der Waals surface area contributed by atoms with E-state index in [0.29, 0.717) is 22.7 Å². The monoisotopic (exact) mass is 474 g/mol. The van der Waals surface area contributed by atoms with Crippen LogP contribution >= 0.6 is 0 Å². The standard InChI is InChI=1S/C24H25F3N4O3/c1-13-6-5-7-17(14(13)2)30-23(32)16-12-28-31-21(24(25,26)27)11-18(29-22(16)31)15-8-9-19(33-3)20(10-15)34-4/h5-10,12,18,21,29H,11H2,1-4H3,(H,30,32). The molecule has 1 aliphatic rings. The largest absolute Gasteiger partial charge is 0.493 e. The number of carbonyl (C=O) groups is 1. The molecule has 34 heavy (non-hydrogen) atoms. The van der Waals surface area contributed by atoms with E-state index in [4.69, 9.17) is 9.47 Å². The molecule has 2 N–H and O–H groups in total. The molecule has 0 aliphatic carbocycles. The summed E-state index contributed by atoms with van der Waals surface area (Å²) in [6.45, 7) is 3.78. The van der Waals surface area contributed by atoms with E-state index in [9.17, 15) is 18.0 Å². The molecule has 7 nitrogen and oxygen atoms in total. The van der Waals surface area contributed by atoms with Crippen molar-refractivity contribution in [3.8, 4) is 11.5 Å². The number of aromatic nitrogens is 2. The Morgan fingerprint density at radius 3 is 2.56 bits per heavy atom. The highest BCUT2D eigenvalue weighted by Crippen LogP contribution is 2.45. The Labute approximate surface area is 194 Å². The van der Waals surface area contributed by atoms with Crippen LogP contribution in [-0.2, 0) is 0 Å². The number of anilines is 2. The molecule has 2 atom stereocenters. The Balaban J connectivity index is 1.71. The molecule has 10 heteroatoms. The molecular formula is C24H25F3N4O3. The average molecular weight is 474 g/mol. The maximum atomic E-state index is 14.0. The van der Waals surface area contributed by atoms with Gasteiger partial charge in [0.05, 0.1) is 26.5 Å². The number of benzene rings is 2. The van der Waals surface area contributed by atoms with Crippen LogP contribution in [0, 0.1) is 13.8 Å². The van der Waals surface area contributed by atoms with E-state index < -0.39 is 24.2 Å². The van der Waals surface area contributed by atoms with E-state index in [1.807, 2.05) is 19.9 Å². The second-order valence-electron chi connectivity index (χ2n) is 8.16. The quantitative estimate of drug-likeness (QED) is 0.516. The number of rotatable bonds is 5. The first-order valence-corrected chi connectivity index (χ1v) is 10.6. The Morgan fingerprint density at radius 2 is 1.88 bits per heavy atom. The van der Waals surface area contributed by atoms with Gasteiger partial charge in [0.25, 0.3) is 5.91 Å². The highest BCUT2D eigenvalue weighted by Gasteiger charge is 2.47. The molecule has 4 rings (SSSR count). The van der Waals surface area contributed by atoms with Crippen molar-refractivity contribution >= 4 is 17.4 Å². The Kier molecular flexibility index (Phi) is 6.16. The number of hydrogen-bond donors (Lipinski definition) is 2. The van der Waals surface area contributed by atoms with Crippen molar-refractivity contribution in [1.29, 1.82) is 0 Å². The minimum absolute atomic E-state index is 0.0103. The van der Waals surface area contributed by atoms with Crippen LogP contribution in [0.5, 0.6) is 11.5 Å². The van der Waals surface area contributed by atoms with E-state index in [0.717, 1.165) is 15.8 Å². The van der Waals surface area contributed by atoms with Gasteiger partial charge >= 0.3 is 6.18 Å². The van der Waals surface area contributed by atoms with Crippen molar-refractivity contribution in [1.82, 2.24) is 9.78 Å². The number of methoxy groups -OCH3 is 2. The van der Waals surface area contributed by atoms with E-state index in [1.165, 1.54) is 20.4 Å². The van der Waals surface area contributed by atoms with Gasteiger partial charge in [-0.1, -0.05) is 18.2 Å².